The minimum atomic E-state index is -0.0503. The molecule has 2 heterocycles. The average molecular weight is 610 g/mol. The van der Waals surface area contributed by atoms with Gasteiger partial charge < -0.3 is 0 Å². The van der Waals surface area contributed by atoms with Gasteiger partial charge in [0.15, 0.2) is 17.5 Å². The molecule has 0 saturated heterocycles. The highest BCUT2D eigenvalue weighted by atomic mass is 32.2. The number of nitrogens with zero attached hydrogens (tertiary/aromatic N) is 3. The number of benzene rings is 6. The van der Waals surface area contributed by atoms with Crippen LogP contribution in [0.5, 0.6) is 0 Å². The van der Waals surface area contributed by atoms with Crippen molar-refractivity contribution in [2.45, 2.75) is 29.1 Å². The summed E-state index contributed by atoms with van der Waals surface area (Å²) in [5.41, 5.74) is 10.3. The Hall–Kier alpha value is -5.32. The van der Waals surface area contributed by atoms with Gasteiger partial charge in [-0.25, -0.2) is 15.0 Å². The quantitative estimate of drug-likeness (QED) is 0.195. The predicted octanol–water partition coefficient (Wildman–Crippen LogP) is 11.0. The molecular formula is C42H31N3S. The number of aromatic nitrogens is 3. The molecule has 0 atom stereocenters. The van der Waals surface area contributed by atoms with Gasteiger partial charge in [0, 0.05) is 31.9 Å². The van der Waals surface area contributed by atoms with Gasteiger partial charge in [-0.15, -0.1) is 0 Å². The van der Waals surface area contributed by atoms with E-state index in [0.717, 1.165) is 22.3 Å². The lowest BCUT2D eigenvalue weighted by Gasteiger charge is -2.34. The molecule has 0 amide bonds. The third-order valence-electron chi connectivity index (χ3n) is 8.80. The van der Waals surface area contributed by atoms with Crippen LogP contribution in [0.4, 0.5) is 0 Å². The van der Waals surface area contributed by atoms with Crippen LogP contribution in [0.3, 0.4) is 0 Å². The summed E-state index contributed by atoms with van der Waals surface area (Å²) in [6.45, 7) is 4.66. The fourth-order valence-corrected chi connectivity index (χ4v) is 7.81. The highest BCUT2D eigenvalue weighted by Gasteiger charge is 2.33. The van der Waals surface area contributed by atoms with E-state index in [4.69, 9.17) is 15.0 Å². The van der Waals surface area contributed by atoms with Crippen LogP contribution in [-0.4, -0.2) is 15.0 Å². The lowest BCUT2D eigenvalue weighted by Crippen LogP contribution is -2.23. The molecule has 6 aromatic carbocycles. The van der Waals surface area contributed by atoms with Crippen molar-refractivity contribution < 1.29 is 0 Å². The van der Waals surface area contributed by atoms with E-state index in [9.17, 15) is 0 Å². The van der Waals surface area contributed by atoms with Crippen molar-refractivity contribution in [1.82, 2.24) is 15.0 Å². The second kappa shape index (κ2) is 11.6. The summed E-state index contributed by atoms with van der Waals surface area (Å²) in [4.78, 5) is 17.5. The van der Waals surface area contributed by atoms with Crippen molar-refractivity contribution in [2.24, 2.45) is 0 Å². The zero-order valence-corrected chi connectivity index (χ0v) is 26.5. The maximum Gasteiger partial charge on any atom is 0.164 e. The van der Waals surface area contributed by atoms with Crippen molar-refractivity contribution in [3.8, 4) is 56.4 Å². The average Bonchev–Trinajstić information content (AvgIpc) is 3.12. The Morgan fingerprint density at radius 3 is 1.52 bits per heavy atom. The van der Waals surface area contributed by atoms with Gasteiger partial charge in [-0.1, -0.05) is 159 Å². The first kappa shape index (κ1) is 28.2. The Morgan fingerprint density at radius 1 is 0.391 bits per heavy atom. The van der Waals surface area contributed by atoms with Crippen LogP contribution in [-0.2, 0) is 5.41 Å². The molecule has 220 valence electrons. The summed E-state index contributed by atoms with van der Waals surface area (Å²) in [5, 5.41) is 0. The Bertz CT molecular complexity index is 2150. The van der Waals surface area contributed by atoms with E-state index in [0.29, 0.717) is 17.5 Å². The van der Waals surface area contributed by atoms with Crippen LogP contribution in [0, 0.1) is 0 Å². The van der Waals surface area contributed by atoms with Crippen LogP contribution in [0.2, 0.25) is 0 Å². The maximum atomic E-state index is 4.97. The molecule has 0 spiro atoms. The summed E-state index contributed by atoms with van der Waals surface area (Å²) >= 11 is 1.87. The van der Waals surface area contributed by atoms with Crippen molar-refractivity contribution in [2.75, 3.05) is 0 Å². The van der Waals surface area contributed by atoms with Gasteiger partial charge in [-0.05, 0) is 51.6 Å². The van der Waals surface area contributed by atoms with E-state index < -0.39 is 0 Å². The van der Waals surface area contributed by atoms with Gasteiger partial charge in [-0.2, -0.15) is 0 Å². The zero-order chi connectivity index (χ0) is 31.1. The van der Waals surface area contributed by atoms with Crippen LogP contribution >= 0.6 is 11.8 Å². The molecule has 0 radical (unpaired) electrons. The fourth-order valence-electron chi connectivity index (χ4n) is 6.38. The van der Waals surface area contributed by atoms with E-state index in [-0.39, 0.29) is 5.41 Å². The molecule has 1 aliphatic heterocycles. The summed E-state index contributed by atoms with van der Waals surface area (Å²) in [6.07, 6.45) is 0. The molecule has 0 fully saturated rings. The Labute approximate surface area is 274 Å². The van der Waals surface area contributed by atoms with Crippen molar-refractivity contribution in [3.63, 3.8) is 0 Å². The lowest BCUT2D eigenvalue weighted by molar-refractivity contribution is 0.607. The number of fused-ring (bicyclic) bond motifs is 2. The van der Waals surface area contributed by atoms with Crippen LogP contribution < -0.4 is 0 Å². The van der Waals surface area contributed by atoms with Gasteiger partial charge in [0.05, 0.1) is 0 Å². The Kier molecular flexibility index (Phi) is 7.08. The Balaban J connectivity index is 1.22. The van der Waals surface area contributed by atoms with Gasteiger partial charge in [0.2, 0.25) is 0 Å². The van der Waals surface area contributed by atoms with Gasteiger partial charge >= 0.3 is 0 Å². The summed E-state index contributed by atoms with van der Waals surface area (Å²) < 4.78 is 0. The SMILES string of the molecule is CC1(C)c2ccccc2Sc2cc(-c3ccccc3-c3cccc(-c4nc(-c5ccccc5)nc(-c5ccccc5)n4)c3)ccc21. The predicted molar refractivity (Wildman–Crippen MR) is 190 cm³/mol. The van der Waals surface area contributed by atoms with Crippen LogP contribution in [0.15, 0.2) is 161 Å². The van der Waals surface area contributed by atoms with Gasteiger partial charge in [-0.3, -0.25) is 0 Å². The second-order valence-electron chi connectivity index (χ2n) is 12.1. The largest absolute Gasteiger partial charge is 0.208 e. The molecule has 4 heteroatoms. The topological polar surface area (TPSA) is 38.7 Å². The third kappa shape index (κ3) is 5.11. The molecule has 0 N–H and O–H groups in total. The molecular weight excluding hydrogens is 579 g/mol. The number of rotatable bonds is 5. The minimum absolute atomic E-state index is 0.0503. The van der Waals surface area contributed by atoms with E-state index in [1.165, 1.54) is 37.6 Å². The van der Waals surface area contributed by atoms with E-state index in [1.807, 2.05) is 72.4 Å². The molecule has 0 aliphatic carbocycles. The second-order valence-corrected chi connectivity index (χ2v) is 13.2. The maximum absolute atomic E-state index is 4.97. The molecule has 1 aromatic heterocycles. The van der Waals surface area contributed by atoms with E-state index >= 15 is 0 Å². The highest BCUT2D eigenvalue weighted by Crippen LogP contribution is 2.50. The first-order chi connectivity index (χ1) is 22.5. The third-order valence-corrected chi connectivity index (χ3v) is 9.94. The standard InChI is InChI=1S/C42H31N3S/c1-42(2)35-22-11-12-23-37(35)46-38-27-31(24-25-36(38)42)34-21-10-9-20-33(34)30-18-13-19-32(26-30)41-44-39(28-14-5-3-6-15-28)43-40(45-41)29-16-7-4-8-17-29/h3-27H,1-2H3. The zero-order valence-electron chi connectivity index (χ0n) is 25.7. The molecule has 1 aliphatic rings. The molecule has 0 bridgehead atoms. The molecule has 0 saturated carbocycles. The molecule has 3 nitrogen and oxygen atoms in total. The van der Waals surface area contributed by atoms with Gasteiger partial charge in [0.1, 0.15) is 0 Å². The van der Waals surface area contributed by atoms with E-state index in [2.05, 4.69) is 105 Å². The summed E-state index contributed by atoms with van der Waals surface area (Å²) in [6, 6.07) is 53.2. The first-order valence-corrected chi connectivity index (χ1v) is 16.4. The highest BCUT2D eigenvalue weighted by molar-refractivity contribution is 7.99. The van der Waals surface area contributed by atoms with Gasteiger partial charge in [0.25, 0.3) is 0 Å². The Morgan fingerprint density at radius 2 is 0.870 bits per heavy atom. The minimum Gasteiger partial charge on any atom is -0.208 e. The monoisotopic (exact) mass is 609 g/mol. The fraction of sp³-hybridized carbons (Fsp3) is 0.0714. The van der Waals surface area contributed by atoms with Crippen molar-refractivity contribution >= 4 is 11.8 Å². The lowest BCUT2D eigenvalue weighted by atomic mass is 9.77. The molecule has 46 heavy (non-hydrogen) atoms. The number of hydrogen-bond donors (Lipinski definition) is 0. The van der Waals surface area contributed by atoms with Crippen molar-refractivity contribution in [1.29, 1.82) is 0 Å². The molecule has 7 aromatic rings. The summed E-state index contributed by atoms with van der Waals surface area (Å²) in [5.74, 6) is 1.97. The first-order valence-electron chi connectivity index (χ1n) is 15.5. The van der Waals surface area contributed by atoms with Crippen LogP contribution in [0.25, 0.3) is 56.4 Å². The van der Waals surface area contributed by atoms with E-state index in [1.54, 1.807) is 0 Å². The number of hydrogen-bond acceptors (Lipinski definition) is 4. The van der Waals surface area contributed by atoms with Crippen molar-refractivity contribution in [3.05, 3.63) is 163 Å². The van der Waals surface area contributed by atoms with Crippen LogP contribution in [0.1, 0.15) is 25.0 Å². The normalized spacial score (nSPS) is 13.1. The molecule has 8 rings (SSSR count). The molecule has 0 unspecified atom stereocenters. The summed E-state index contributed by atoms with van der Waals surface area (Å²) in [7, 11) is 0. The smallest absolute Gasteiger partial charge is 0.164 e.